The van der Waals surface area contributed by atoms with Crippen LogP contribution in [0.4, 0.5) is 0 Å². The van der Waals surface area contributed by atoms with Crippen LogP contribution in [-0.4, -0.2) is 6.04 Å². The van der Waals surface area contributed by atoms with Crippen LogP contribution in [0.2, 0.25) is 5.02 Å². The molecule has 2 atom stereocenters. The van der Waals surface area contributed by atoms with Gasteiger partial charge in [-0.15, -0.1) is 11.8 Å². The predicted molar refractivity (Wildman–Crippen MR) is 85.6 cm³/mol. The van der Waals surface area contributed by atoms with E-state index in [4.69, 9.17) is 17.3 Å². The first-order valence-corrected chi connectivity index (χ1v) is 7.76. The molecule has 0 amide bonds. The summed E-state index contributed by atoms with van der Waals surface area (Å²) in [5.41, 5.74) is 8.64. The van der Waals surface area contributed by atoms with Gasteiger partial charge in [-0.25, -0.2) is 0 Å². The first kappa shape index (κ1) is 14.4. The Labute approximate surface area is 124 Å². The van der Waals surface area contributed by atoms with E-state index in [1.807, 2.05) is 43.0 Å². The van der Waals surface area contributed by atoms with Crippen molar-refractivity contribution in [2.24, 2.45) is 5.73 Å². The maximum Gasteiger partial charge on any atom is 0.0449 e. The van der Waals surface area contributed by atoms with Gasteiger partial charge in [0.2, 0.25) is 0 Å². The zero-order valence-electron chi connectivity index (χ0n) is 10.9. The third kappa shape index (κ3) is 4.27. The summed E-state index contributed by atoms with van der Waals surface area (Å²) < 4.78 is 0. The molecule has 0 aliphatic heterocycles. The van der Waals surface area contributed by atoms with Gasteiger partial charge >= 0.3 is 0 Å². The number of nitrogens with two attached hydrogens (primary N) is 1. The van der Waals surface area contributed by atoms with Crippen molar-refractivity contribution in [3.05, 3.63) is 70.7 Å². The van der Waals surface area contributed by atoms with E-state index < -0.39 is 0 Å². The van der Waals surface area contributed by atoms with Crippen molar-refractivity contribution in [2.45, 2.75) is 24.0 Å². The molecule has 0 fully saturated rings. The first-order valence-electron chi connectivity index (χ1n) is 6.33. The Bertz CT molecular complexity index is 513. The normalized spacial score (nSPS) is 14.1. The zero-order chi connectivity index (χ0) is 13.7. The Kier molecular flexibility index (Phi) is 5.32. The van der Waals surface area contributed by atoms with Crippen molar-refractivity contribution in [2.75, 3.05) is 0 Å². The second-order valence-electron chi connectivity index (χ2n) is 4.63. The molecule has 2 unspecified atom stereocenters. The summed E-state index contributed by atoms with van der Waals surface area (Å²) in [5.74, 6) is 0.958. The molecule has 0 radical (unpaired) electrons. The summed E-state index contributed by atoms with van der Waals surface area (Å²) >= 11 is 7.92. The molecular formula is C16H18ClNS. The number of hydrogen-bond donors (Lipinski definition) is 1. The smallest absolute Gasteiger partial charge is 0.0449 e. The molecular weight excluding hydrogens is 274 g/mol. The molecule has 0 saturated heterocycles. The summed E-state index contributed by atoms with van der Waals surface area (Å²) in [6, 6.07) is 18.5. The summed E-state index contributed by atoms with van der Waals surface area (Å²) in [6.45, 7) is 2.05. The van der Waals surface area contributed by atoms with Crippen LogP contribution in [0.25, 0.3) is 0 Å². The second kappa shape index (κ2) is 6.99. The van der Waals surface area contributed by atoms with Crippen molar-refractivity contribution >= 4 is 23.4 Å². The molecule has 2 N–H and O–H groups in total. The van der Waals surface area contributed by atoms with Crippen molar-refractivity contribution in [1.29, 1.82) is 0 Å². The van der Waals surface area contributed by atoms with Crippen LogP contribution in [0, 0.1) is 0 Å². The van der Waals surface area contributed by atoms with Gasteiger partial charge in [-0.3, -0.25) is 0 Å². The van der Waals surface area contributed by atoms with E-state index in [1.165, 1.54) is 11.1 Å². The fourth-order valence-electron chi connectivity index (χ4n) is 2.00. The van der Waals surface area contributed by atoms with Crippen molar-refractivity contribution in [3.8, 4) is 0 Å². The minimum absolute atomic E-state index is 0.0900. The fourth-order valence-corrected chi connectivity index (χ4v) is 3.40. The Morgan fingerprint density at radius 2 is 1.84 bits per heavy atom. The van der Waals surface area contributed by atoms with Gasteiger partial charge in [0.25, 0.3) is 0 Å². The largest absolute Gasteiger partial charge is 0.327 e. The molecule has 1 nitrogen and oxygen atoms in total. The first-order chi connectivity index (χ1) is 9.16. The average Bonchev–Trinajstić information content (AvgIpc) is 2.40. The SMILES string of the molecule is CC(N)C(SCc1ccccc1)c1cccc(Cl)c1. The molecule has 2 aromatic rings. The molecule has 0 aromatic heterocycles. The van der Waals surface area contributed by atoms with Crippen LogP contribution in [0.1, 0.15) is 23.3 Å². The Morgan fingerprint density at radius 1 is 1.11 bits per heavy atom. The minimum atomic E-state index is 0.0900. The monoisotopic (exact) mass is 291 g/mol. The van der Waals surface area contributed by atoms with E-state index in [0.717, 1.165) is 10.8 Å². The summed E-state index contributed by atoms with van der Waals surface area (Å²) in [4.78, 5) is 0. The number of benzene rings is 2. The number of hydrogen-bond acceptors (Lipinski definition) is 2. The standard InChI is InChI=1S/C16H18ClNS/c1-12(18)16(14-8-5-9-15(17)10-14)19-11-13-6-3-2-4-7-13/h2-10,12,16H,11,18H2,1H3. The zero-order valence-corrected chi connectivity index (χ0v) is 12.5. The van der Waals surface area contributed by atoms with Gasteiger partial charge in [0.1, 0.15) is 0 Å². The lowest BCUT2D eigenvalue weighted by molar-refractivity contribution is 0.721. The maximum absolute atomic E-state index is 6.12. The Balaban J connectivity index is 2.09. The number of thioether (sulfide) groups is 1. The minimum Gasteiger partial charge on any atom is -0.327 e. The van der Waals surface area contributed by atoms with E-state index in [0.29, 0.717) is 0 Å². The maximum atomic E-state index is 6.12. The van der Waals surface area contributed by atoms with Crippen LogP contribution in [-0.2, 0) is 5.75 Å². The Morgan fingerprint density at radius 3 is 2.47 bits per heavy atom. The van der Waals surface area contributed by atoms with Crippen LogP contribution >= 0.6 is 23.4 Å². The Hall–Kier alpha value is -0.960. The second-order valence-corrected chi connectivity index (χ2v) is 6.20. The summed E-state index contributed by atoms with van der Waals surface area (Å²) in [5, 5.41) is 1.03. The summed E-state index contributed by atoms with van der Waals surface area (Å²) in [6.07, 6.45) is 0. The van der Waals surface area contributed by atoms with Crippen LogP contribution in [0.3, 0.4) is 0 Å². The molecule has 0 aliphatic carbocycles. The van der Waals surface area contributed by atoms with Gasteiger partial charge in [-0.2, -0.15) is 0 Å². The van der Waals surface area contributed by atoms with Gasteiger partial charge in [-0.05, 0) is 30.2 Å². The van der Waals surface area contributed by atoms with Crippen LogP contribution < -0.4 is 5.73 Å². The molecule has 0 saturated carbocycles. The molecule has 3 heteroatoms. The van der Waals surface area contributed by atoms with Gasteiger partial charge in [-0.1, -0.05) is 54.1 Å². The lowest BCUT2D eigenvalue weighted by Crippen LogP contribution is -2.22. The highest BCUT2D eigenvalue weighted by Crippen LogP contribution is 2.34. The molecule has 0 spiro atoms. The molecule has 2 rings (SSSR count). The molecule has 0 heterocycles. The molecule has 100 valence electrons. The van der Waals surface area contributed by atoms with Gasteiger partial charge in [0.15, 0.2) is 0 Å². The highest BCUT2D eigenvalue weighted by atomic mass is 35.5. The van der Waals surface area contributed by atoms with Crippen molar-refractivity contribution in [1.82, 2.24) is 0 Å². The third-order valence-electron chi connectivity index (χ3n) is 2.93. The number of rotatable bonds is 5. The van der Waals surface area contributed by atoms with E-state index in [1.54, 1.807) is 0 Å². The highest BCUT2D eigenvalue weighted by Gasteiger charge is 2.17. The van der Waals surface area contributed by atoms with Gasteiger partial charge in [0, 0.05) is 22.1 Å². The van der Waals surface area contributed by atoms with Crippen molar-refractivity contribution in [3.63, 3.8) is 0 Å². The molecule has 19 heavy (non-hydrogen) atoms. The van der Waals surface area contributed by atoms with E-state index in [9.17, 15) is 0 Å². The van der Waals surface area contributed by atoms with E-state index in [-0.39, 0.29) is 11.3 Å². The molecule has 0 aliphatic rings. The molecule has 0 bridgehead atoms. The van der Waals surface area contributed by atoms with E-state index >= 15 is 0 Å². The number of halogens is 1. The van der Waals surface area contributed by atoms with E-state index in [2.05, 4.69) is 30.3 Å². The van der Waals surface area contributed by atoms with Crippen LogP contribution in [0.15, 0.2) is 54.6 Å². The lowest BCUT2D eigenvalue weighted by atomic mass is 10.1. The fraction of sp³-hybridized carbons (Fsp3) is 0.250. The lowest BCUT2D eigenvalue weighted by Gasteiger charge is -2.21. The van der Waals surface area contributed by atoms with Crippen LogP contribution in [0.5, 0.6) is 0 Å². The topological polar surface area (TPSA) is 26.0 Å². The molecule has 2 aromatic carbocycles. The quantitative estimate of drug-likeness (QED) is 0.867. The van der Waals surface area contributed by atoms with Crippen molar-refractivity contribution < 1.29 is 0 Å². The summed E-state index contributed by atoms with van der Waals surface area (Å²) in [7, 11) is 0. The third-order valence-corrected chi connectivity index (χ3v) is 4.72. The highest BCUT2D eigenvalue weighted by molar-refractivity contribution is 7.98. The van der Waals surface area contributed by atoms with Gasteiger partial charge < -0.3 is 5.73 Å². The predicted octanol–water partition coefficient (Wildman–Crippen LogP) is 4.66. The van der Waals surface area contributed by atoms with Gasteiger partial charge in [0.05, 0.1) is 0 Å². The average molecular weight is 292 g/mol.